The molecular formula is C24H39F3N3O3+. The highest BCUT2D eigenvalue weighted by Gasteiger charge is 2.38. The minimum absolute atomic E-state index is 0.00639. The van der Waals surface area contributed by atoms with Crippen molar-refractivity contribution in [2.75, 3.05) is 33.4 Å². The van der Waals surface area contributed by atoms with Crippen molar-refractivity contribution in [1.29, 1.82) is 0 Å². The Morgan fingerprint density at radius 1 is 1.33 bits per heavy atom. The van der Waals surface area contributed by atoms with Crippen molar-refractivity contribution in [1.82, 2.24) is 10.2 Å². The first-order chi connectivity index (χ1) is 15.7. The number of halogens is 3. The Hall–Kier alpha value is -1.87. The summed E-state index contributed by atoms with van der Waals surface area (Å²) in [5, 5.41) is 3.51. The summed E-state index contributed by atoms with van der Waals surface area (Å²) in [5.41, 5.74) is 0.396. The summed E-state index contributed by atoms with van der Waals surface area (Å²) in [6.45, 7) is 9.24. The highest BCUT2D eigenvalue weighted by atomic mass is 19.4. The number of hydrogen-bond acceptors (Lipinski definition) is 4. The van der Waals surface area contributed by atoms with Crippen molar-refractivity contribution in [2.24, 2.45) is 5.92 Å². The average Bonchev–Trinajstić information content (AvgIpc) is 2.80. The van der Waals surface area contributed by atoms with Crippen molar-refractivity contribution >= 4 is 5.91 Å². The number of nitrogens with one attached hydrogen (secondary N) is 1. The molecule has 3 rings (SSSR count). The van der Waals surface area contributed by atoms with Gasteiger partial charge in [-0.15, -0.1) is 0 Å². The summed E-state index contributed by atoms with van der Waals surface area (Å²) >= 11 is 0. The molecule has 0 saturated carbocycles. The van der Waals surface area contributed by atoms with E-state index >= 15 is 0 Å². The van der Waals surface area contributed by atoms with E-state index in [0.717, 1.165) is 57.7 Å². The molecule has 1 N–H and O–H groups in total. The Balaban J connectivity index is 0.00000122. The lowest BCUT2D eigenvalue weighted by Gasteiger charge is -2.29. The van der Waals surface area contributed by atoms with E-state index in [1.165, 1.54) is 18.3 Å². The number of amides is 1. The fourth-order valence-electron chi connectivity index (χ4n) is 4.14. The lowest BCUT2D eigenvalue weighted by molar-refractivity contribution is -0.891. The predicted molar refractivity (Wildman–Crippen MR) is 119 cm³/mol. The zero-order chi connectivity index (χ0) is 24.4. The second-order valence-electron chi connectivity index (χ2n) is 8.81. The van der Waals surface area contributed by atoms with Gasteiger partial charge in [-0.05, 0) is 38.3 Å². The van der Waals surface area contributed by atoms with Crippen LogP contribution in [-0.2, 0) is 28.7 Å². The van der Waals surface area contributed by atoms with E-state index in [1.807, 2.05) is 6.92 Å². The highest BCUT2D eigenvalue weighted by molar-refractivity contribution is 5.78. The van der Waals surface area contributed by atoms with Crippen LogP contribution in [0.25, 0.3) is 0 Å². The number of fused-ring (bicyclic) bond motifs is 1. The van der Waals surface area contributed by atoms with Crippen LogP contribution in [0.15, 0.2) is 12.3 Å². The van der Waals surface area contributed by atoms with Crippen molar-refractivity contribution in [2.45, 2.75) is 78.1 Å². The van der Waals surface area contributed by atoms with E-state index in [2.05, 4.69) is 19.2 Å². The van der Waals surface area contributed by atoms with Gasteiger partial charge in [0.15, 0.2) is 0 Å². The van der Waals surface area contributed by atoms with Crippen molar-refractivity contribution in [3.05, 3.63) is 29.1 Å². The number of rotatable bonds is 7. The summed E-state index contributed by atoms with van der Waals surface area (Å²) in [4.78, 5) is 19.6. The second-order valence-corrected chi connectivity index (χ2v) is 8.81. The first-order valence-electron chi connectivity index (χ1n) is 12.0. The normalized spacial score (nSPS) is 17.6. The first-order valence-corrected chi connectivity index (χ1v) is 12.0. The zero-order valence-corrected chi connectivity index (χ0v) is 20.3. The van der Waals surface area contributed by atoms with Crippen LogP contribution in [0.1, 0.15) is 69.7 Å². The number of alkyl halides is 3. The molecule has 0 spiro atoms. The quantitative estimate of drug-likeness (QED) is 0.485. The smallest absolute Gasteiger partial charge is 0.381 e. The maximum absolute atomic E-state index is 13.2. The number of hydrogen-bond donors (Lipinski definition) is 1. The SMILES string of the molecule is CCC.CO[n+]1cc(C(F)(F)F)cc2c1CCN(C(=O)[C@H](C)CCCNC1CCOCC1)C2. The maximum atomic E-state index is 13.2. The second kappa shape index (κ2) is 13.1. The Morgan fingerprint density at radius 2 is 2.00 bits per heavy atom. The summed E-state index contributed by atoms with van der Waals surface area (Å²) in [6, 6.07) is 1.62. The Labute approximate surface area is 195 Å². The molecule has 0 radical (unpaired) electrons. The number of carbonyl (C=O) groups is 1. The van der Waals surface area contributed by atoms with Gasteiger partial charge in [-0.25, -0.2) is 0 Å². The highest BCUT2D eigenvalue weighted by Crippen LogP contribution is 2.30. The topological polar surface area (TPSA) is 54.7 Å². The van der Waals surface area contributed by atoms with Crippen molar-refractivity contribution < 1.29 is 32.3 Å². The fourth-order valence-corrected chi connectivity index (χ4v) is 4.14. The Kier molecular flexibility index (Phi) is 10.9. The van der Waals surface area contributed by atoms with E-state index in [9.17, 15) is 18.0 Å². The Morgan fingerprint density at radius 3 is 2.61 bits per heavy atom. The van der Waals surface area contributed by atoms with Gasteiger partial charge >= 0.3 is 6.18 Å². The molecular weight excluding hydrogens is 435 g/mol. The summed E-state index contributed by atoms with van der Waals surface area (Å²) in [6.07, 6.45) is 1.88. The number of carbonyl (C=O) groups excluding carboxylic acids is 1. The monoisotopic (exact) mass is 474 g/mol. The molecule has 188 valence electrons. The summed E-state index contributed by atoms with van der Waals surface area (Å²) < 4.78 is 46.1. The molecule has 33 heavy (non-hydrogen) atoms. The van der Waals surface area contributed by atoms with Crippen LogP contribution >= 0.6 is 0 Å². The lowest BCUT2D eigenvalue weighted by atomic mass is 9.99. The fraction of sp³-hybridized carbons (Fsp3) is 0.750. The maximum Gasteiger partial charge on any atom is 0.422 e. The molecule has 2 aliphatic rings. The average molecular weight is 475 g/mol. The third-order valence-corrected chi connectivity index (χ3v) is 5.93. The summed E-state index contributed by atoms with van der Waals surface area (Å²) in [5.74, 6) is -0.170. The van der Waals surface area contributed by atoms with Crippen LogP contribution in [0.2, 0.25) is 0 Å². The van der Waals surface area contributed by atoms with Crippen LogP contribution in [0, 0.1) is 5.92 Å². The van der Waals surface area contributed by atoms with Gasteiger partial charge in [0, 0.05) is 42.0 Å². The minimum Gasteiger partial charge on any atom is -0.381 e. The van der Waals surface area contributed by atoms with Crippen molar-refractivity contribution in [3.8, 4) is 0 Å². The number of ether oxygens (including phenoxy) is 1. The molecule has 3 heterocycles. The molecule has 9 heteroatoms. The largest absolute Gasteiger partial charge is 0.422 e. The molecule has 1 aromatic heterocycles. The van der Waals surface area contributed by atoms with Crippen LogP contribution in [0.3, 0.4) is 0 Å². The zero-order valence-electron chi connectivity index (χ0n) is 20.3. The van der Waals surface area contributed by atoms with E-state index in [4.69, 9.17) is 9.57 Å². The van der Waals surface area contributed by atoms with Gasteiger partial charge < -0.3 is 15.0 Å². The molecule has 0 unspecified atom stereocenters. The molecule has 1 saturated heterocycles. The number of pyridine rings is 1. The predicted octanol–water partition coefficient (Wildman–Crippen LogP) is 3.54. The molecule has 2 aliphatic heterocycles. The minimum atomic E-state index is -4.47. The van der Waals surface area contributed by atoms with E-state index in [1.54, 1.807) is 4.90 Å². The molecule has 0 aromatic carbocycles. The van der Waals surface area contributed by atoms with Crippen LogP contribution in [-0.4, -0.2) is 50.3 Å². The Bertz CT molecular complexity index is 752. The van der Waals surface area contributed by atoms with Crippen LogP contribution in [0.5, 0.6) is 0 Å². The molecule has 0 bridgehead atoms. The van der Waals surface area contributed by atoms with Crippen LogP contribution in [0.4, 0.5) is 13.2 Å². The van der Waals surface area contributed by atoms with E-state index in [-0.39, 0.29) is 18.4 Å². The molecule has 1 amide bonds. The molecule has 0 aliphatic carbocycles. The van der Waals surface area contributed by atoms with E-state index < -0.39 is 11.7 Å². The van der Waals surface area contributed by atoms with Gasteiger partial charge in [0.25, 0.3) is 0 Å². The third kappa shape index (κ3) is 8.14. The van der Waals surface area contributed by atoms with Crippen LogP contribution < -0.4 is 14.9 Å². The third-order valence-electron chi connectivity index (χ3n) is 5.93. The van der Waals surface area contributed by atoms with Gasteiger partial charge in [0.1, 0.15) is 12.7 Å². The molecule has 6 nitrogen and oxygen atoms in total. The van der Waals surface area contributed by atoms with E-state index in [0.29, 0.717) is 30.3 Å². The number of aromatic nitrogens is 1. The number of nitrogens with zero attached hydrogens (tertiary/aromatic N) is 2. The first kappa shape index (κ1) is 27.4. The van der Waals surface area contributed by atoms with Gasteiger partial charge in [-0.2, -0.15) is 13.2 Å². The van der Waals surface area contributed by atoms with Crippen molar-refractivity contribution in [3.63, 3.8) is 0 Å². The standard InChI is InChI=1S/C21H31F3N3O3.C3H8/c1-15(4-3-8-25-18-6-10-30-11-7-18)20(28)26-9-5-19-16(13-26)12-17(21(22,23)24)14-27(19)29-2;1-3-2/h12,14-15,18,25H,3-11,13H2,1-2H3;3H2,1-2H3/q+1;/t15-;/m1./s1. The molecule has 1 fully saturated rings. The molecule has 1 aromatic rings. The summed E-state index contributed by atoms with van der Waals surface area (Å²) in [7, 11) is 1.34. The lowest BCUT2D eigenvalue weighted by Crippen LogP contribution is -2.50. The van der Waals surface area contributed by atoms with Gasteiger partial charge in [0.05, 0.1) is 13.0 Å². The molecule has 1 atom stereocenters. The van der Waals surface area contributed by atoms with Gasteiger partial charge in [0.2, 0.25) is 17.8 Å². The van der Waals surface area contributed by atoms with Gasteiger partial charge in [-0.1, -0.05) is 27.2 Å². The van der Waals surface area contributed by atoms with Gasteiger partial charge in [-0.3, -0.25) is 9.63 Å².